The van der Waals surface area contributed by atoms with Crippen molar-refractivity contribution in [3.63, 3.8) is 0 Å². The Balaban J connectivity index is 1.41. The fourth-order valence-electron chi connectivity index (χ4n) is 9.77. The van der Waals surface area contributed by atoms with E-state index in [9.17, 15) is 9.90 Å². The van der Waals surface area contributed by atoms with Gasteiger partial charge in [0.2, 0.25) is 0 Å². The second-order valence-corrected chi connectivity index (χ2v) is 11.9. The molecular weight excluding hydrogens is 380 g/mol. The summed E-state index contributed by atoms with van der Waals surface area (Å²) in [6.07, 6.45) is 5.76. The van der Waals surface area contributed by atoms with Crippen LogP contribution in [-0.2, 0) is 19.0 Å². The van der Waals surface area contributed by atoms with Crippen LogP contribution in [0.2, 0.25) is 0 Å². The van der Waals surface area contributed by atoms with Gasteiger partial charge in [-0.1, -0.05) is 20.8 Å². The van der Waals surface area contributed by atoms with Crippen LogP contribution in [-0.4, -0.2) is 47.7 Å². The zero-order chi connectivity index (χ0) is 20.9. The Hall–Kier alpha value is -0.910. The Morgan fingerprint density at radius 2 is 2.07 bits per heavy atom. The standard InChI is InChI=1S/C25H34O5/c1-5-28-20-24(13(2)3)18(30-24)7-9-23(27)21(4)8-6-14-15(12-29-19(14)26)16(21)10-22-11-17(22)25(20,22)23/h13,16-18,20,27H,5-12H2,1-4H3/t16?,17?,18-,20+,21-,22+,23+,24-,25+/m0/s1. The molecule has 2 aliphatic heterocycles. The number of cyclic esters (lactones) is 1. The number of esters is 1. The molecule has 2 spiro atoms. The van der Waals surface area contributed by atoms with Gasteiger partial charge >= 0.3 is 5.97 Å². The molecule has 7 rings (SSSR count). The summed E-state index contributed by atoms with van der Waals surface area (Å²) in [4.78, 5) is 12.3. The Kier molecular flexibility index (Phi) is 3.12. The Labute approximate surface area is 178 Å². The van der Waals surface area contributed by atoms with Crippen molar-refractivity contribution >= 4 is 5.97 Å². The van der Waals surface area contributed by atoms with Crippen molar-refractivity contribution in [3.05, 3.63) is 11.1 Å². The van der Waals surface area contributed by atoms with Gasteiger partial charge in [-0.05, 0) is 74.2 Å². The summed E-state index contributed by atoms with van der Waals surface area (Å²) >= 11 is 0. The fraction of sp³-hybridized carbons (Fsp3) is 0.880. The lowest BCUT2D eigenvalue weighted by molar-refractivity contribution is -0.254. The molecule has 1 N–H and O–H groups in total. The van der Waals surface area contributed by atoms with Crippen LogP contribution >= 0.6 is 0 Å². The van der Waals surface area contributed by atoms with Gasteiger partial charge in [-0.15, -0.1) is 0 Å². The van der Waals surface area contributed by atoms with Gasteiger partial charge < -0.3 is 19.3 Å². The average Bonchev–Trinajstić information content (AvgIpc) is 3.61. The number of aliphatic hydroxyl groups is 1. The van der Waals surface area contributed by atoms with Crippen LogP contribution in [0.3, 0.4) is 0 Å². The number of fused-ring (bicyclic) bond motifs is 4. The number of rotatable bonds is 3. The zero-order valence-corrected chi connectivity index (χ0v) is 18.6. The van der Waals surface area contributed by atoms with Crippen molar-refractivity contribution in [2.75, 3.05) is 13.2 Å². The maximum absolute atomic E-state index is 12.9. The van der Waals surface area contributed by atoms with Crippen molar-refractivity contribution in [2.45, 2.75) is 89.6 Å². The molecule has 5 fully saturated rings. The van der Waals surface area contributed by atoms with Crippen LogP contribution in [0, 0.1) is 34.0 Å². The van der Waals surface area contributed by atoms with E-state index in [1.165, 1.54) is 12.0 Å². The smallest absolute Gasteiger partial charge is 0.334 e. The van der Waals surface area contributed by atoms with Crippen molar-refractivity contribution in [2.24, 2.45) is 34.0 Å². The first-order valence-electron chi connectivity index (χ1n) is 12.2. The van der Waals surface area contributed by atoms with Crippen LogP contribution in [0.25, 0.3) is 0 Å². The van der Waals surface area contributed by atoms with Gasteiger partial charge in [-0.25, -0.2) is 4.79 Å². The molecule has 0 amide bonds. The molecule has 5 aliphatic carbocycles. The molecule has 7 aliphatic rings. The van der Waals surface area contributed by atoms with Crippen molar-refractivity contribution in [3.8, 4) is 0 Å². The summed E-state index contributed by atoms with van der Waals surface area (Å²) in [6, 6.07) is 0. The number of epoxide rings is 1. The Morgan fingerprint density at radius 1 is 1.27 bits per heavy atom. The number of ether oxygens (including phenoxy) is 3. The molecule has 4 saturated carbocycles. The summed E-state index contributed by atoms with van der Waals surface area (Å²) in [5, 5.41) is 12.9. The SMILES string of the molecule is CCO[C@@H]1[C@@]2(C(C)C)O[C@H]2CC[C@]2(O)[C@]13C1C[C@]13CC1C3=C(CC[C@@]12C)C(=O)OC3. The normalized spacial score (nSPS) is 59.2. The first kappa shape index (κ1) is 18.6. The number of carbonyl (C=O) groups is 1. The first-order valence-corrected chi connectivity index (χ1v) is 12.2. The minimum absolute atomic E-state index is 0.0270. The molecule has 2 unspecified atom stereocenters. The second-order valence-electron chi connectivity index (χ2n) is 11.9. The molecule has 0 aromatic heterocycles. The minimum atomic E-state index is -0.769. The largest absolute Gasteiger partial charge is 0.458 e. The third-order valence-electron chi connectivity index (χ3n) is 11.3. The highest BCUT2D eigenvalue weighted by Crippen LogP contribution is 3.00. The quantitative estimate of drug-likeness (QED) is 0.566. The molecule has 0 bridgehead atoms. The fourth-order valence-corrected chi connectivity index (χ4v) is 9.77. The van der Waals surface area contributed by atoms with Crippen LogP contribution < -0.4 is 0 Å². The molecule has 0 aromatic carbocycles. The molecule has 0 aromatic rings. The van der Waals surface area contributed by atoms with Crippen molar-refractivity contribution in [1.82, 2.24) is 0 Å². The van der Waals surface area contributed by atoms with Crippen molar-refractivity contribution < 1.29 is 24.1 Å². The number of carbonyl (C=O) groups excluding carboxylic acids is 1. The highest BCUT2D eigenvalue weighted by atomic mass is 16.6. The maximum atomic E-state index is 12.9. The Morgan fingerprint density at radius 3 is 2.77 bits per heavy atom. The molecule has 2 heterocycles. The monoisotopic (exact) mass is 414 g/mol. The van der Waals surface area contributed by atoms with Gasteiger partial charge in [0.05, 0.1) is 17.8 Å². The molecule has 5 nitrogen and oxygen atoms in total. The second kappa shape index (κ2) is 5.02. The number of hydrogen-bond donors (Lipinski definition) is 1. The summed E-state index contributed by atoms with van der Waals surface area (Å²) in [5.74, 6) is 1.05. The van der Waals surface area contributed by atoms with Crippen LogP contribution in [0.5, 0.6) is 0 Å². The predicted molar refractivity (Wildman–Crippen MR) is 108 cm³/mol. The van der Waals surface area contributed by atoms with Gasteiger partial charge in [0, 0.05) is 23.0 Å². The van der Waals surface area contributed by atoms with E-state index in [-0.39, 0.29) is 45.9 Å². The van der Waals surface area contributed by atoms with E-state index in [1.54, 1.807) is 0 Å². The summed E-state index contributed by atoms with van der Waals surface area (Å²) in [6.45, 7) is 10.0. The van der Waals surface area contributed by atoms with E-state index in [1.807, 2.05) is 0 Å². The third kappa shape index (κ3) is 1.55. The maximum Gasteiger partial charge on any atom is 0.334 e. The van der Waals surface area contributed by atoms with Gasteiger partial charge in [-0.2, -0.15) is 0 Å². The molecule has 5 heteroatoms. The summed E-state index contributed by atoms with van der Waals surface area (Å²) in [5.41, 5.74) is 0.864. The highest BCUT2D eigenvalue weighted by Gasteiger charge is 3.02. The van der Waals surface area contributed by atoms with Gasteiger partial charge in [0.1, 0.15) is 12.2 Å². The summed E-state index contributed by atoms with van der Waals surface area (Å²) < 4.78 is 18.5. The van der Waals surface area contributed by atoms with Crippen LogP contribution in [0.1, 0.15) is 66.2 Å². The van der Waals surface area contributed by atoms with E-state index >= 15 is 0 Å². The predicted octanol–water partition coefficient (Wildman–Crippen LogP) is 3.39. The van der Waals surface area contributed by atoms with E-state index in [0.29, 0.717) is 25.0 Å². The van der Waals surface area contributed by atoms with Gasteiger partial charge in [0.15, 0.2) is 0 Å². The zero-order valence-electron chi connectivity index (χ0n) is 18.6. The molecule has 30 heavy (non-hydrogen) atoms. The number of hydrogen-bond acceptors (Lipinski definition) is 5. The van der Waals surface area contributed by atoms with Gasteiger partial charge in [0.25, 0.3) is 0 Å². The van der Waals surface area contributed by atoms with Gasteiger partial charge in [-0.3, -0.25) is 0 Å². The molecule has 1 saturated heterocycles. The van der Waals surface area contributed by atoms with E-state index in [4.69, 9.17) is 14.2 Å². The Bertz CT molecular complexity index is 909. The lowest BCUT2D eigenvalue weighted by Crippen LogP contribution is -2.69. The highest BCUT2D eigenvalue weighted by molar-refractivity contribution is 5.92. The molecule has 9 atom stereocenters. The van der Waals surface area contributed by atoms with E-state index < -0.39 is 5.60 Å². The van der Waals surface area contributed by atoms with E-state index in [0.717, 1.165) is 37.7 Å². The molecular formula is C25H34O5. The average molecular weight is 415 g/mol. The van der Waals surface area contributed by atoms with Crippen molar-refractivity contribution in [1.29, 1.82) is 0 Å². The van der Waals surface area contributed by atoms with Crippen LogP contribution in [0.15, 0.2) is 11.1 Å². The third-order valence-corrected chi connectivity index (χ3v) is 11.3. The van der Waals surface area contributed by atoms with Crippen LogP contribution in [0.4, 0.5) is 0 Å². The van der Waals surface area contributed by atoms with E-state index in [2.05, 4.69) is 27.7 Å². The first-order chi connectivity index (χ1) is 14.2. The minimum Gasteiger partial charge on any atom is -0.458 e. The molecule has 0 radical (unpaired) electrons. The molecule has 164 valence electrons. The lowest BCUT2D eigenvalue weighted by Gasteiger charge is -2.63. The summed E-state index contributed by atoms with van der Waals surface area (Å²) in [7, 11) is 0. The topological polar surface area (TPSA) is 68.3 Å². The lowest BCUT2D eigenvalue weighted by atomic mass is 9.43.